The van der Waals surface area contributed by atoms with E-state index in [0.717, 1.165) is 37.1 Å². The largest absolute Gasteiger partial charge is 0.497 e. The number of carbonyl (C=O) groups excluding carboxylic acids is 1. The van der Waals surface area contributed by atoms with Gasteiger partial charge in [0.05, 0.1) is 19.3 Å². The summed E-state index contributed by atoms with van der Waals surface area (Å²) in [4.78, 5) is 18.2. The minimum Gasteiger partial charge on any atom is -0.497 e. The Morgan fingerprint density at radius 3 is 2.96 bits per heavy atom. The molecule has 1 aliphatic rings. The van der Waals surface area contributed by atoms with Crippen molar-refractivity contribution in [2.75, 3.05) is 31.7 Å². The van der Waals surface area contributed by atoms with Crippen LogP contribution in [0.4, 0.5) is 5.82 Å². The van der Waals surface area contributed by atoms with Gasteiger partial charge in [-0.05, 0) is 49.1 Å². The van der Waals surface area contributed by atoms with Gasteiger partial charge in [0.25, 0.3) is 5.91 Å². The third kappa shape index (κ3) is 3.80. The van der Waals surface area contributed by atoms with Crippen molar-refractivity contribution in [2.45, 2.75) is 19.3 Å². The Bertz CT molecular complexity index is 780. The number of aromatic nitrogens is 1. The van der Waals surface area contributed by atoms with Crippen molar-refractivity contribution in [3.05, 3.63) is 53.7 Å². The molecule has 1 aromatic heterocycles. The molecule has 1 amide bonds. The highest BCUT2D eigenvalue weighted by molar-refractivity contribution is 5.97. The van der Waals surface area contributed by atoms with Crippen LogP contribution in [0.1, 0.15) is 28.8 Å². The Morgan fingerprint density at radius 1 is 1.38 bits per heavy atom. The van der Waals surface area contributed by atoms with Crippen LogP contribution in [-0.4, -0.2) is 42.8 Å². The van der Waals surface area contributed by atoms with Crippen molar-refractivity contribution in [1.29, 1.82) is 0 Å². The first kappa shape index (κ1) is 18.2. The zero-order valence-electron chi connectivity index (χ0n) is 15.0. The van der Waals surface area contributed by atoms with Gasteiger partial charge in [-0.3, -0.25) is 4.79 Å². The maximum absolute atomic E-state index is 11.7. The molecule has 0 saturated carbocycles. The number of aliphatic hydroxyl groups excluding tert-OH is 1. The molecule has 0 bridgehead atoms. The van der Waals surface area contributed by atoms with Crippen LogP contribution in [0.2, 0.25) is 0 Å². The summed E-state index contributed by atoms with van der Waals surface area (Å²) in [6.45, 7) is 1.48. The van der Waals surface area contributed by atoms with Crippen LogP contribution in [0, 0.1) is 5.41 Å². The molecule has 2 aromatic rings. The fourth-order valence-corrected chi connectivity index (χ4v) is 3.77. The van der Waals surface area contributed by atoms with Gasteiger partial charge in [-0.1, -0.05) is 12.1 Å². The zero-order valence-corrected chi connectivity index (χ0v) is 15.0. The van der Waals surface area contributed by atoms with Crippen molar-refractivity contribution >= 4 is 11.7 Å². The van der Waals surface area contributed by atoms with E-state index < -0.39 is 5.91 Å². The van der Waals surface area contributed by atoms with E-state index in [1.807, 2.05) is 18.2 Å². The standard InChI is InChI=1S/C20H25N3O3/c1-26-16-6-2-5-15(11-16)12-20(14-24)8-4-10-23(13-20)19-17(18(21)25)7-3-9-22-19/h2-3,5-7,9,11,24H,4,8,10,12-14H2,1H3,(H2,21,25)/t20-/m0/s1. The van der Waals surface area contributed by atoms with Crippen LogP contribution < -0.4 is 15.4 Å². The summed E-state index contributed by atoms with van der Waals surface area (Å²) in [5.41, 5.74) is 6.75. The summed E-state index contributed by atoms with van der Waals surface area (Å²) in [7, 11) is 1.65. The normalized spacial score (nSPS) is 20.0. The Balaban J connectivity index is 1.86. The fourth-order valence-electron chi connectivity index (χ4n) is 3.77. The highest BCUT2D eigenvalue weighted by Gasteiger charge is 2.36. The average Bonchev–Trinajstić information content (AvgIpc) is 2.68. The molecule has 1 saturated heterocycles. The molecule has 6 nitrogen and oxygen atoms in total. The quantitative estimate of drug-likeness (QED) is 0.827. The number of aliphatic hydroxyl groups is 1. The Kier molecular flexibility index (Phi) is 5.42. The molecule has 26 heavy (non-hydrogen) atoms. The lowest BCUT2D eigenvalue weighted by Gasteiger charge is -2.43. The molecular weight excluding hydrogens is 330 g/mol. The first-order chi connectivity index (χ1) is 12.6. The summed E-state index contributed by atoms with van der Waals surface area (Å²) >= 11 is 0. The number of hydrogen-bond donors (Lipinski definition) is 2. The number of hydrogen-bond acceptors (Lipinski definition) is 5. The highest BCUT2D eigenvalue weighted by atomic mass is 16.5. The maximum Gasteiger partial charge on any atom is 0.252 e. The summed E-state index contributed by atoms with van der Waals surface area (Å²) in [5, 5.41) is 10.2. The smallest absolute Gasteiger partial charge is 0.252 e. The molecule has 6 heteroatoms. The first-order valence-electron chi connectivity index (χ1n) is 8.80. The van der Waals surface area contributed by atoms with Crippen LogP contribution in [0.5, 0.6) is 5.75 Å². The molecule has 3 N–H and O–H groups in total. The summed E-state index contributed by atoms with van der Waals surface area (Å²) < 4.78 is 5.31. The SMILES string of the molecule is COc1cccc(C[C@@]2(CO)CCCN(c3ncccc3C(N)=O)C2)c1. The third-order valence-electron chi connectivity index (χ3n) is 5.06. The Morgan fingerprint density at radius 2 is 2.23 bits per heavy atom. The predicted molar refractivity (Wildman–Crippen MR) is 100 cm³/mol. The van der Waals surface area contributed by atoms with Gasteiger partial charge in [0.2, 0.25) is 0 Å². The zero-order chi connectivity index (χ0) is 18.6. The molecule has 0 unspecified atom stereocenters. The van der Waals surface area contributed by atoms with Crippen molar-refractivity contribution in [3.8, 4) is 5.75 Å². The van der Waals surface area contributed by atoms with Crippen molar-refractivity contribution < 1.29 is 14.6 Å². The van der Waals surface area contributed by atoms with Crippen LogP contribution >= 0.6 is 0 Å². The molecule has 0 radical (unpaired) electrons. The van der Waals surface area contributed by atoms with E-state index in [4.69, 9.17) is 10.5 Å². The number of anilines is 1. The summed E-state index contributed by atoms with van der Waals surface area (Å²) in [6, 6.07) is 11.3. The third-order valence-corrected chi connectivity index (χ3v) is 5.06. The molecule has 1 fully saturated rings. The van der Waals surface area contributed by atoms with Crippen molar-refractivity contribution in [1.82, 2.24) is 4.98 Å². The molecular formula is C20H25N3O3. The molecule has 3 rings (SSSR count). The number of methoxy groups -OCH3 is 1. The lowest BCUT2D eigenvalue weighted by atomic mass is 9.75. The number of primary amides is 1. The number of amides is 1. The molecule has 1 atom stereocenters. The van der Waals surface area contributed by atoms with Gasteiger partial charge in [0, 0.05) is 24.7 Å². The molecule has 2 heterocycles. The average molecular weight is 355 g/mol. The summed E-state index contributed by atoms with van der Waals surface area (Å²) in [6.07, 6.45) is 4.23. The number of piperidine rings is 1. The molecule has 0 spiro atoms. The second-order valence-corrected chi connectivity index (χ2v) is 6.95. The van der Waals surface area contributed by atoms with Gasteiger partial charge in [0.15, 0.2) is 0 Å². The van der Waals surface area contributed by atoms with Crippen LogP contribution in [0.15, 0.2) is 42.6 Å². The number of rotatable bonds is 6. The van der Waals surface area contributed by atoms with E-state index in [1.165, 1.54) is 0 Å². The second-order valence-electron chi connectivity index (χ2n) is 6.95. The molecule has 0 aliphatic carbocycles. The van der Waals surface area contributed by atoms with E-state index in [1.54, 1.807) is 25.4 Å². The second kappa shape index (κ2) is 7.74. The highest BCUT2D eigenvalue weighted by Crippen LogP contribution is 2.36. The Labute approximate surface area is 153 Å². The number of ether oxygens (including phenoxy) is 1. The van der Waals surface area contributed by atoms with Crippen molar-refractivity contribution in [3.63, 3.8) is 0 Å². The van der Waals surface area contributed by atoms with E-state index in [0.29, 0.717) is 17.9 Å². The minimum absolute atomic E-state index is 0.0689. The number of pyridine rings is 1. The van der Waals surface area contributed by atoms with E-state index in [9.17, 15) is 9.90 Å². The lowest BCUT2D eigenvalue weighted by Crippen LogP contribution is -2.47. The lowest BCUT2D eigenvalue weighted by molar-refractivity contribution is 0.0994. The number of carbonyl (C=O) groups is 1. The number of nitrogens with two attached hydrogens (primary N) is 1. The Hall–Kier alpha value is -2.60. The van der Waals surface area contributed by atoms with Gasteiger partial charge in [-0.15, -0.1) is 0 Å². The van der Waals surface area contributed by atoms with Gasteiger partial charge in [-0.2, -0.15) is 0 Å². The summed E-state index contributed by atoms with van der Waals surface area (Å²) in [5.74, 6) is 0.924. The van der Waals surface area contributed by atoms with E-state index >= 15 is 0 Å². The fraction of sp³-hybridized carbons (Fsp3) is 0.400. The topological polar surface area (TPSA) is 88.7 Å². The molecule has 138 valence electrons. The first-order valence-corrected chi connectivity index (χ1v) is 8.80. The van der Waals surface area contributed by atoms with Crippen LogP contribution in [-0.2, 0) is 6.42 Å². The predicted octanol–water partition coefficient (Wildman–Crippen LogP) is 2.01. The van der Waals surface area contributed by atoms with Crippen LogP contribution in [0.25, 0.3) is 0 Å². The molecule has 1 aliphatic heterocycles. The monoisotopic (exact) mass is 355 g/mol. The van der Waals surface area contributed by atoms with E-state index in [2.05, 4.69) is 16.0 Å². The van der Waals surface area contributed by atoms with E-state index in [-0.39, 0.29) is 12.0 Å². The van der Waals surface area contributed by atoms with Crippen molar-refractivity contribution in [2.24, 2.45) is 11.1 Å². The van der Waals surface area contributed by atoms with Crippen LogP contribution in [0.3, 0.4) is 0 Å². The van der Waals surface area contributed by atoms with Gasteiger partial charge in [-0.25, -0.2) is 4.98 Å². The van der Waals surface area contributed by atoms with Gasteiger partial charge >= 0.3 is 0 Å². The maximum atomic E-state index is 11.7. The van der Waals surface area contributed by atoms with Gasteiger partial charge in [0.1, 0.15) is 11.6 Å². The number of benzene rings is 1. The molecule has 1 aromatic carbocycles. The number of nitrogens with zero attached hydrogens (tertiary/aromatic N) is 2. The minimum atomic E-state index is -0.485. The van der Waals surface area contributed by atoms with Gasteiger partial charge < -0.3 is 20.5 Å².